The molecular weight excluding hydrogens is 316 g/mol. The van der Waals surface area contributed by atoms with Crippen LogP contribution < -0.4 is 0 Å². The molecule has 128 valence electrons. The Labute approximate surface area is 146 Å². The SMILES string of the molecule is CC1C(=O)OCC2C(=O)N3Cc4cc5ccccc5nc4C3C(C)C12. The summed E-state index contributed by atoms with van der Waals surface area (Å²) in [5, 5.41) is 1.10. The largest absolute Gasteiger partial charge is 0.465 e. The highest BCUT2D eigenvalue weighted by Crippen LogP contribution is 2.51. The van der Waals surface area contributed by atoms with E-state index in [2.05, 4.69) is 19.1 Å². The van der Waals surface area contributed by atoms with Gasteiger partial charge >= 0.3 is 5.97 Å². The molecule has 0 saturated carbocycles. The van der Waals surface area contributed by atoms with E-state index in [4.69, 9.17) is 9.72 Å². The van der Waals surface area contributed by atoms with Gasteiger partial charge in [0.1, 0.15) is 6.61 Å². The molecule has 0 N–H and O–H groups in total. The number of benzene rings is 1. The van der Waals surface area contributed by atoms with Crippen molar-refractivity contribution in [3.63, 3.8) is 0 Å². The maximum absolute atomic E-state index is 13.1. The second-order valence-corrected chi connectivity index (χ2v) is 7.60. The third kappa shape index (κ3) is 1.92. The minimum atomic E-state index is -0.246. The average Bonchev–Trinajstić information content (AvgIpc) is 2.98. The number of hydrogen-bond acceptors (Lipinski definition) is 4. The van der Waals surface area contributed by atoms with Crippen LogP contribution in [0.4, 0.5) is 0 Å². The Morgan fingerprint density at radius 2 is 2.00 bits per heavy atom. The van der Waals surface area contributed by atoms with E-state index in [1.807, 2.05) is 30.0 Å². The summed E-state index contributed by atoms with van der Waals surface area (Å²) in [4.78, 5) is 32.0. The molecule has 0 spiro atoms. The lowest BCUT2D eigenvalue weighted by molar-refractivity contribution is -0.177. The van der Waals surface area contributed by atoms with Gasteiger partial charge in [0.15, 0.2) is 0 Å². The molecule has 1 aromatic carbocycles. The van der Waals surface area contributed by atoms with Crippen LogP contribution in [0, 0.1) is 23.7 Å². The summed E-state index contributed by atoms with van der Waals surface area (Å²) in [5.41, 5.74) is 3.09. The molecule has 2 aromatic rings. The Morgan fingerprint density at radius 3 is 2.84 bits per heavy atom. The van der Waals surface area contributed by atoms with Crippen LogP contribution in [0.2, 0.25) is 0 Å². The number of hydrogen-bond donors (Lipinski definition) is 0. The number of carbonyl (C=O) groups is 2. The number of ether oxygens (including phenoxy) is 1. The molecule has 1 aromatic heterocycles. The van der Waals surface area contributed by atoms with E-state index >= 15 is 0 Å². The summed E-state index contributed by atoms with van der Waals surface area (Å²) < 4.78 is 5.26. The second-order valence-electron chi connectivity index (χ2n) is 7.60. The van der Waals surface area contributed by atoms with Gasteiger partial charge in [-0.15, -0.1) is 0 Å². The lowest BCUT2D eigenvalue weighted by atomic mass is 9.67. The third-order valence-electron chi connectivity index (χ3n) is 6.32. The maximum atomic E-state index is 13.1. The molecule has 4 heterocycles. The molecule has 5 heteroatoms. The number of nitrogens with zero attached hydrogens (tertiary/aromatic N) is 2. The highest BCUT2D eigenvalue weighted by Gasteiger charge is 2.55. The minimum Gasteiger partial charge on any atom is -0.465 e. The van der Waals surface area contributed by atoms with Gasteiger partial charge in [-0.05, 0) is 29.5 Å². The van der Waals surface area contributed by atoms with Gasteiger partial charge in [0.25, 0.3) is 0 Å². The molecule has 1 amide bonds. The number of fused-ring (bicyclic) bond motifs is 5. The second kappa shape index (κ2) is 5.04. The fourth-order valence-corrected chi connectivity index (χ4v) is 5.14. The first kappa shape index (κ1) is 14.9. The third-order valence-corrected chi connectivity index (χ3v) is 6.32. The molecule has 5 atom stereocenters. The first-order chi connectivity index (χ1) is 12.1. The molecule has 0 radical (unpaired) electrons. The van der Waals surface area contributed by atoms with Gasteiger partial charge in [0, 0.05) is 11.9 Å². The lowest BCUT2D eigenvalue weighted by Crippen LogP contribution is -2.55. The van der Waals surface area contributed by atoms with Crippen LogP contribution in [0.15, 0.2) is 30.3 Å². The Morgan fingerprint density at radius 1 is 1.20 bits per heavy atom. The molecular formula is C20H20N2O3. The normalized spacial score (nSPS) is 33.7. The summed E-state index contributed by atoms with van der Waals surface area (Å²) >= 11 is 0. The van der Waals surface area contributed by atoms with Crippen molar-refractivity contribution in [1.82, 2.24) is 9.88 Å². The quantitative estimate of drug-likeness (QED) is 0.694. The summed E-state index contributed by atoms with van der Waals surface area (Å²) in [6.07, 6.45) is 0. The predicted octanol–water partition coefficient (Wildman–Crippen LogP) is 2.69. The fourth-order valence-electron chi connectivity index (χ4n) is 5.14. The van der Waals surface area contributed by atoms with Gasteiger partial charge < -0.3 is 9.64 Å². The molecule has 2 saturated heterocycles. The number of cyclic esters (lactones) is 1. The zero-order chi connectivity index (χ0) is 17.3. The summed E-state index contributed by atoms with van der Waals surface area (Å²) in [6, 6.07) is 10.2. The molecule has 0 aliphatic carbocycles. The van der Waals surface area contributed by atoms with Crippen LogP contribution in [-0.4, -0.2) is 28.4 Å². The van der Waals surface area contributed by atoms with Crippen LogP contribution >= 0.6 is 0 Å². The standard InChI is InChI=1S/C20H20N2O3/c1-10-16-11(2)20(24)25-9-14(16)19(23)22-8-13-7-12-5-3-4-6-15(12)21-17(13)18(10)22/h3-7,10-11,14,16,18H,8-9H2,1-2H3. The van der Waals surface area contributed by atoms with Crippen molar-refractivity contribution in [1.29, 1.82) is 0 Å². The van der Waals surface area contributed by atoms with E-state index in [-0.39, 0.29) is 48.2 Å². The van der Waals surface area contributed by atoms with Crippen LogP contribution in [0.1, 0.15) is 31.1 Å². The Balaban J connectivity index is 1.63. The van der Waals surface area contributed by atoms with Gasteiger partial charge in [0.2, 0.25) is 5.91 Å². The molecule has 2 fully saturated rings. The number of esters is 1. The lowest BCUT2D eigenvalue weighted by Gasteiger charge is -2.48. The number of pyridine rings is 1. The van der Waals surface area contributed by atoms with Gasteiger partial charge in [-0.3, -0.25) is 14.6 Å². The van der Waals surface area contributed by atoms with E-state index in [1.165, 1.54) is 0 Å². The van der Waals surface area contributed by atoms with Crippen molar-refractivity contribution >= 4 is 22.8 Å². The number of para-hydroxylation sites is 1. The molecule has 5 rings (SSSR count). The van der Waals surface area contributed by atoms with E-state index in [1.54, 1.807) is 0 Å². The van der Waals surface area contributed by atoms with Crippen molar-refractivity contribution in [3.05, 3.63) is 41.6 Å². The van der Waals surface area contributed by atoms with Crippen LogP contribution in [0.25, 0.3) is 10.9 Å². The molecule has 5 unspecified atom stereocenters. The number of piperidine rings is 1. The summed E-state index contributed by atoms with van der Waals surface area (Å²) in [5.74, 6) is -0.338. The van der Waals surface area contributed by atoms with Crippen molar-refractivity contribution in [3.8, 4) is 0 Å². The van der Waals surface area contributed by atoms with Crippen molar-refractivity contribution in [2.24, 2.45) is 23.7 Å². The van der Waals surface area contributed by atoms with Crippen molar-refractivity contribution in [2.75, 3.05) is 6.61 Å². The number of aromatic nitrogens is 1. The zero-order valence-electron chi connectivity index (χ0n) is 14.3. The minimum absolute atomic E-state index is 0.0224. The Kier molecular flexibility index (Phi) is 3.00. The summed E-state index contributed by atoms with van der Waals surface area (Å²) in [7, 11) is 0. The first-order valence-corrected chi connectivity index (χ1v) is 8.92. The number of rotatable bonds is 0. The predicted molar refractivity (Wildman–Crippen MR) is 91.3 cm³/mol. The Bertz CT molecular complexity index is 909. The van der Waals surface area contributed by atoms with Crippen LogP contribution in [0.3, 0.4) is 0 Å². The maximum Gasteiger partial charge on any atom is 0.308 e. The topological polar surface area (TPSA) is 59.5 Å². The van der Waals surface area contributed by atoms with Gasteiger partial charge in [-0.1, -0.05) is 32.0 Å². The van der Waals surface area contributed by atoms with Gasteiger partial charge in [-0.2, -0.15) is 0 Å². The van der Waals surface area contributed by atoms with E-state index in [9.17, 15) is 9.59 Å². The van der Waals surface area contributed by atoms with Crippen molar-refractivity contribution in [2.45, 2.75) is 26.4 Å². The van der Waals surface area contributed by atoms with E-state index in [0.717, 1.165) is 22.2 Å². The fraction of sp³-hybridized carbons (Fsp3) is 0.450. The highest BCUT2D eigenvalue weighted by molar-refractivity contribution is 5.86. The molecule has 3 aliphatic rings. The van der Waals surface area contributed by atoms with E-state index < -0.39 is 0 Å². The zero-order valence-corrected chi connectivity index (χ0v) is 14.3. The highest BCUT2D eigenvalue weighted by atomic mass is 16.5. The number of carbonyl (C=O) groups excluding carboxylic acids is 2. The molecule has 5 nitrogen and oxygen atoms in total. The molecule has 3 aliphatic heterocycles. The molecule has 0 bridgehead atoms. The van der Waals surface area contributed by atoms with E-state index in [0.29, 0.717) is 6.54 Å². The monoisotopic (exact) mass is 336 g/mol. The molecule has 25 heavy (non-hydrogen) atoms. The van der Waals surface area contributed by atoms with Crippen LogP contribution in [0.5, 0.6) is 0 Å². The van der Waals surface area contributed by atoms with Crippen LogP contribution in [-0.2, 0) is 20.9 Å². The Hall–Kier alpha value is -2.43. The average molecular weight is 336 g/mol. The van der Waals surface area contributed by atoms with Gasteiger partial charge in [-0.25, -0.2) is 0 Å². The summed E-state index contributed by atoms with van der Waals surface area (Å²) in [6.45, 7) is 4.86. The smallest absolute Gasteiger partial charge is 0.308 e. The number of amides is 1. The first-order valence-electron chi connectivity index (χ1n) is 8.92. The van der Waals surface area contributed by atoms with Crippen molar-refractivity contribution < 1.29 is 14.3 Å². The van der Waals surface area contributed by atoms with Gasteiger partial charge in [0.05, 0.1) is 29.1 Å².